The Bertz CT molecular complexity index is 970. The molecule has 30 heavy (non-hydrogen) atoms. The number of anilines is 1. The minimum Gasteiger partial charge on any atom is -0.358 e. The lowest BCUT2D eigenvalue weighted by Gasteiger charge is -2.42. The molecule has 1 N–H and O–H groups in total. The Hall–Kier alpha value is -2.66. The Morgan fingerprint density at radius 3 is 2.00 bits per heavy atom. The van der Waals surface area contributed by atoms with Gasteiger partial charge in [-0.2, -0.15) is 0 Å². The molecule has 0 radical (unpaired) electrons. The van der Waals surface area contributed by atoms with Crippen molar-refractivity contribution in [3.63, 3.8) is 0 Å². The van der Waals surface area contributed by atoms with Crippen LogP contribution in [0.2, 0.25) is 0 Å². The first-order valence-corrected chi connectivity index (χ1v) is 10.5. The lowest BCUT2D eigenvalue weighted by Crippen LogP contribution is -2.54. The lowest BCUT2D eigenvalue weighted by atomic mass is 9.94. The summed E-state index contributed by atoms with van der Waals surface area (Å²) >= 11 is 0. The lowest BCUT2D eigenvalue weighted by molar-refractivity contribution is -0.485. The van der Waals surface area contributed by atoms with Gasteiger partial charge in [0.25, 0.3) is 0 Å². The minimum atomic E-state index is -0.629. The zero-order valence-electron chi connectivity index (χ0n) is 18.0. The average molecular weight is 404 g/mol. The maximum Gasteiger partial charge on any atom is 0.196 e. The highest BCUT2D eigenvalue weighted by atomic mass is 17.2. The second-order valence-corrected chi connectivity index (χ2v) is 8.55. The maximum absolute atomic E-state index is 6.17. The highest BCUT2D eigenvalue weighted by Gasteiger charge is 2.41. The molecular weight excluding hydrogens is 374 g/mol. The standard InChI is InChI=1S/C26H29NO3/c1-18(2)24-28-25(26(3,4)30-29-24)27-21-15-16-22(19-11-7-5-8-12-19)23(17-21)20-13-9-6-10-14-20/h5-18,24-25,27H,1-4H3. The van der Waals surface area contributed by atoms with Gasteiger partial charge in [0.05, 0.1) is 0 Å². The molecule has 1 aliphatic rings. The summed E-state index contributed by atoms with van der Waals surface area (Å²) in [6.07, 6.45) is -0.752. The molecule has 156 valence electrons. The number of nitrogens with one attached hydrogen (secondary N) is 1. The van der Waals surface area contributed by atoms with Crippen LogP contribution in [-0.4, -0.2) is 18.1 Å². The van der Waals surface area contributed by atoms with E-state index in [4.69, 9.17) is 14.5 Å². The highest BCUT2D eigenvalue weighted by molar-refractivity contribution is 5.85. The Morgan fingerprint density at radius 1 is 0.800 bits per heavy atom. The van der Waals surface area contributed by atoms with Crippen LogP contribution in [0.1, 0.15) is 27.7 Å². The predicted molar refractivity (Wildman–Crippen MR) is 121 cm³/mol. The third-order valence-electron chi connectivity index (χ3n) is 5.29. The molecule has 4 nitrogen and oxygen atoms in total. The van der Waals surface area contributed by atoms with E-state index < -0.39 is 11.9 Å². The molecule has 4 rings (SSSR count). The molecule has 1 saturated heterocycles. The zero-order valence-corrected chi connectivity index (χ0v) is 18.0. The van der Waals surface area contributed by atoms with Crippen molar-refractivity contribution < 1.29 is 14.5 Å². The van der Waals surface area contributed by atoms with Crippen molar-refractivity contribution in [3.05, 3.63) is 78.9 Å². The maximum atomic E-state index is 6.17. The Kier molecular flexibility index (Phi) is 5.91. The van der Waals surface area contributed by atoms with E-state index in [1.807, 2.05) is 39.8 Å². The van der Waals surface area contributed by atoms with Crippen LogP contribution in [0.25, 0.3) is 22.3 Å². The second kappa shape index (κ2) is 8.60. The number of benzene rings is 3. The molecule has 2 atom stereocenters. The molecular formula is C26H29NO3. The highest BCUT2D eigenvalue weighted by Crippen LogP contribution is 2.36. The molecule has 1 fully saturated rings. The summed E-state index contributed by atoms with van der Waals surface area (Å²) in [5.41, 5.74) is 5.06. The van der Waals surface area contributed by atoms with Crippen LogP contribution in [0.4, 0.5) is 5.69 Å². The van der Waals surface area contributed by atoms with Gasteiger partial charge in [0, 0.05) is 11.6 Å². The fourth-order valence-electron chi connectivity index (χ4n) is 3.52. The summed E-state index contributed by atoms with van der Waals surface area (Å²) in [6, 6.07) is 27.3. The molecule has 0 aliphatic carbocycles. The van der Waals surface area contributed by atoms with E-state index in [2.05, 4.69) is 72.0 Å². The van der Waals surface area contributed by atoms with Crippen molar-refractivity contribution in [2.24, 2.45) is 5.92 Å². The minimum absolute atomic E-state index is 0.186. The van der Waals surface area contributed by atoms with E-state index in [1.165, 1.54) is 16.7 Å². The molecule has 3 aromatic carbocycles. The molecule has 2 unspecified atom stereocenters. The fourth-order valence-corrected chi connectivity index (χ4v) is 3.52. The van der Waals surface area contributed by atoms with Gasteiger partial charge in [-0.25, -0.2) is 9.78 Å². The molecule has 1 aliphatic heterocycles. The van der Waals surface area contributed by atoms with Crippen LogP contribution in [0.3, 0.4) is 0 Å². The quantitative estimate of drug-likeness (QED) is 0.494. The summed E-state index contributed by atoms with van der Waals surface area (Å²) < 4.78 is 6.17. The van der Waals surface area contributed by atoms with Crippen molar-refractivity contribution >= 4 is 5.69 Å². The summed E-state index contributed by atoms with van der Waals surface area (Å²) in [4.78, 5) is 11.1. The van der Waals surface area contributed by atoms with E-state index in [1.54, 1.807) is 0 Å². The van der Waals surface area contributed by atoms with Crippen molar-refractivity contribution in [2.45, 2.75) is 45.8 Å². The number of rotatable bonds is 5. The first kappa shape index (κ1) is 20.6. The number of hydrogen-bond donors (Lipinski definition) is 1. The Balaban J connectivity index is 1.69. The molecule has 4 heteroatoms. The zero-order chi connectivity index (χ0) is 21.1. The van der Waals surface area contributed by atoms with E-state index in [9.17, 15) is 0 Å². The average Bonchev–Trinajstić information content (AvgIpc) is 2.76. The fraction of sp³-hybridized carbons (Fsp3) is 0.308. The smallest absolute Gasteiger partial charge is 0.196 e. The van der Waals surface area contributed by atoms with Crippen LogP contribution in [-0.2, 0) is 14.5 Å². The third kappa shape index (κ3) is 4.41. The van der Waals surface area contributed by atoms with Crippen LogP contribution < -0.4 is 5.32 Å². The van der Waals surface area contributed by atoms with Gasteiger partial charge >= 0.3 is 0 Å². The van der Waals surface area contributed by atoms with Gasteiger partial charge in [-0.3, -0.25) is 0 Å². The van der Waals surface area contributed by atoms with Gasteiger partial charge in [-0.05, 0) is 48.2 Å². The summed E-state index contributed by atoms with van der Waals surface area (Å²) in [7, 11) is 0. The van der Waals surface area contributed by atoms with Gasteiger partial charge in [-0.15, -0.1) is 0 Å². The number of hydrogen-bond acceptors (Lipinski definition) is 4. The molecule has 1 heterocycles. The van der Waals surface area contributed by atoms with Gasteiger partial charge in [0.1, 0.15) is 5.60 Å². The van der Waals surface area contributed by atoms with Crippen molar-refractivity contribution in [2.75, 3.05) is 5.32 Å². The molecule has 0 saturated carbocycles. The van der Waals surface area contributed by atoms with Crippen LogP contribution >= 0.6 is 0 Å². The van der Waals surface area contributed by atoms with Gasteiger partial charge in [-0.1, -0.05) is 80.6 Å². The first-order chi connectivity index (χ1) is 14.4. The summed E-state index contributed by atoms with van der Waals surface area (Å²) in [5, 5.41) is 3.52. The Morgan fingerprint density at radius 2 is 1.40 bits per heavy atom. The van der Waals surface area contributed by atoms with Crippen molar-refractivity contribution in [1.82, 2.24) is 0 Å². The first-order valence-electron chi connectivity index (χ1n) is 10.5. The van der Waals surface area contributed by atoms with E-state index in [0.29, 0.717) is 0 Å². The van der Waals surface area contributed by atoms with Gasteiger partial charge in [0.15, 0.2) is 12.5 Å². The van der Waals surface area contributed by atoms with E-state index in [0.717, 1.165) is 11.3 Å². The van der Waals surface area contributed by atoms with Crippen molar-refractivity contribution in [3.8, 4) is 22.3 Å². The molecule has 0 bridgehead atoms. The van der Waals surface area contributed by atoms with Crippen molar-refractivity contribution in [1.29, 1.82) is 0 Å². The van der Waals surface area contributed by atoms with Gasteiger partial charge in [0.2, 0.25) is 0 Å². The largest absolute Gasteiger partial charge is 0.358 e. The number of ether oxygens (including phenoxy) is 1. The van der Waals surface area contributed by atoms with Gasteiger partial charge < -0.3 is 10.1 Å². The molecule has 0 aromatic heterocycles. The topological polar surface area (TPSA) is 39.7 Å². The van der Waals surface area contributed by atoms with Crippen LogP contribution in [0, 0.1) is 5.92 Å². The monoisotopic (exact) mass is 403 g/mol. The summed E-state index contributed by atoms with van der Waals surface area (Å²) in [5.74, 6) is 0.186. The predicted octanol–water partition coefficient (Wildman–Crippen LogP) is 6.50. The molecule has 3 aromatic rings. The van der Waals surface area contributed by atoms with E-state index >= 15 is 0 Å². The Labute approximate surface area is 178 Å². The second-order valence-electron chi connectivity index (χ2n) is 8.55. The molecule has 0 amide bonds. The van der Waals surface area contributed by atoms with Crippen LogP contribution in [0.15, 0.2) is 78.9 Å². The molecule has 0 spiro atoms. The summed E-state index contributed by atoms with van der Waals surface area (Å²) in [6.45, 7) is 8.01. The third-order valence-corrected chi connectivity index (χ3v) is 5.29. The van der Waals surface area contributed by atoms with Crippen LogP contribution in [0.5, 0.6) is 0 Å². The SMILES string of the molecule is CC(C)C1OOC(C)(C)C(Nc2ccc(-c3ccccc3)c(-c3ccccc3)c2)O1. The van der Waals surface area contributed by atoms with E-state index in [-0.39, 0.29) is 12.1 Å². The normalized spacial score (nSPS) is 20.8.